The van der Waals surface area contributed by atoms with E-state index in [9.17, 15) is 13.4 Å². The molecule has 0 amide bonds. The predicted molar refractivity (Wildman–Crippen MR) is 95.8 cm³/mol. The molecule has 0 N–H and O–H groups in total. The third kappa shape index (κ3) is 6.75. The number of nitriles is 1. The highest BCUT2D eigenvalue weighted by Crippen LogP contribution is 2.18. The van der Waals surface area contributed by atoms with E-state index >= 15 is 0 Å². The van der Waals surface area contributed by atoms with E-state index in [0.717, 1.165) is 0 Å². The van der Waals surface area contributed by atoms with Gasteiger partial charge in [0.05, 0.1) is 23.1 Å². The molecule has 0 aliphatic carbocycles. The lowest BCUT2D eigenvalue weighted by Gasteiger charge is -2.16. The third-order valence-corrected chi connectivity index (χ3v) is 4.73. The van der Waals surface area contributed by atoms with Gasteiger partial charge >= 0.3 is 5.97 Å². The van der Waals surface area contributed by atoms with E-state index in [2.05, 4.69) is 4.40 Å². The number of benzene rings is 1. The molecule has 0 aliphatic heterocycles. The zero-order valence-corrected chi connectivity index (χ0v) is 15.7. The van der Waals surface area contributed by atoms with Crippen molar-refractivity contribution in [3.05, 3.63) is 35.6 Å². The Morgan fingerprint density at radius 3 is 2.44 bits per heavy atom. The van der Waals surface area contributed by atoms with E-state index in [-0.39, 0.29) is 25.3 Å². The van der Waals surface area contributed by atoms with Crippen LogP contribution in [0.2, 0.25) is 0 Å². The topological polar surface area (TPSA) is 79.5 Å². The minimum atomic E-state index is -1.51. The summed E-state index contributed by atoms with van der Waals surface area (Å²) >= 11 is 0. The van der Waals surface area contributed by atoms with Crippen molar-refractivity contribution in [2.45, 2.75) is 45.3 Å². The summed E-state index contributed by atoms with van der Waals surface area (Å²) in [6.45, 7) is 7.26. The fraction of sp³-hybridized carbons (Fsp3) is 0.500. The van der Waals surface area contributed by atoms with Gasteiger partial charge in [-0.2, -0.15) is 9.66 Å². The number of carbonyl (C=O) groups is 1. The van der Waals surface area contributed by atoms with Crippen LogP contribution in [-0.4, -0.2) is 27.2 Å². The van der Waals surface area contributed by atoms with E-state index in [1.807, 2.05) is 6.07 Å². The first-order valence-electron chi connectivity index (χ1n) is 8.00. The number of nitrogens with zero attached hydrogens (tertiary/aromatic N) is 2. The molecule has 1 aromatic carbocycles. The van der Waals surface area contributed by atoms with Crippen molar-refractivity contribution in [2.24, 2.45) is 10.3 Å². The minimum absolute atomic E-state index is 0.187. The molecule has 0 saturated carbocycles. The van der Waals surface area contributed by atoms with Crippen LogP contribution in [0.3, 0.4) is 0 Å². The summed E-state index contributed by atoms with van der Waals surface area (Å²) in [5, 5.41) is 9.15. The Balaban J connectivity index is 3.05. The van der Waals surface area contributed by atoms with Gasteiger partial charge in [-0.1, -0.05) is 12.1 Å². The molecule has 2 atom stereocenters. The van der Waals surface area contributed by atoms with Crippen LogP contribution in [-0.2, 0) is 20.5 Å². The van der Waals surface area contributed by atoms with Crippen molar-refractivity contribution in [3.63, 3.8) is 0 Å². The van der Waals surface area contributed by atoms with Crippen molar-refractivity contribution in [3.8, 4) is 6.07 Å². The van der Waals surface area contributed by atoms with Gasteiger partial charge in [-0.3, -0.25) is 4.79 Å². The summed E-state index contributed by atoms with van der Waals surface area (Å²) < 4.78 is 34.1. The SMILES string of the molecule is CCOC(=O)C(C#N)CCC(=N[S@](=O)C(C)(C)C)c1ccc(F)cc1. The van der Waals surface area contributed by atoms with Gasteiger partial charge in [-0.15, -0.1) is 0 Å². The van der Waals surface area contributed by atoms with Crippen molar-refractivity contribution < 1.29 is 18.1 Å². The molecule has 0 aromatic heterocycles. The largest absolute Gasteiger partial charge is 0.465 e. The van der Waals surface area contributed by atoms with Crippen molar-refractivity contribution in [1.82, 2.24) is 0 Å². The van der Waals surface area contributed by atoms with Gasteiger partial charge in [-0.05, 0) is 58.2 Å². The van der Waals surface area contributed by atoms with Crippen molar-refractivity contribution >= 4 is 22.7 Å². The second-order valence-corrected chi connectivity index (χ2v) is 8.28. The van der Waals surface area contributed by atoms with Crippen LogP contribution in [0.15, 0.2) is 28.7 Å². The van der Waals surface area contributed by atoms with E-state index in [0.29, 0.717) is 11.3 Å². The average Bonchev–Trinajstić information content (AvgIpc) is 2.54. The lowest BCUT2D eigenvalue weighted by molar-refractivity contribution is -0.146. The zero-order valence-electron chi connectivity index (χ0n) is 14.9. The van der Waals surface area contributed by atoms with Crippen LogP contribution < -0.4 is 0 Å². The van der Waals surface area contributed by atoms with Gasteiger partial charge in [0.15, 0.2) is 0 Å². The van der Waals surface area contributed by atoms with Gasteiger partial charge in [0.25, 0.3) is 0 Å². The van der Waals surface area contributed by atoms with Gasteiger partial charge in [0.2, 0.25) is 0 Å². The molecule has 0 heterocycles. The Bertz CT molecular complexity index is 688. The van der Waals surface area contributed by atoms with E-state index in [1.165, 1.54) is 12.1 Å². The van der Waals surface area contributed by atoms with Gasteiger partial charge in [0.1, 0.15) is 22.7 Å². The van der Waals surface area contributed by atoms with E-state index < -0.39 is 27.6 Å². The summed E-state index contributed by atoms with van der Waals surface area (Å²) in [6.07, 6.45) is 0.442. The predicted octanol–water partition coefficient (Wildman–Crippen LogP) is 3.56. The molecule has 0 radical (unpaired) electrons. The summed E-state index contributed by atoms with van der Waals surface area (Å²) in [7, 11) is -1.51. The molecule has 7 heteroatoms. The summed E-state index contributed by atoms with van der Waals surface area (Å²) in [5.74, 6) is -1.89. The maximum absolute atomic E-state index is 13.2. The number of ether oxygens (including phenoxy) is 1. The van der Waals surface area contributed by atoms with Gasteiger partial charge < -0.3 is 4.74 Å². The van der Waals surface area contributed by atoms with Gasteiger partial charge in [-0.25, -0.2) is 8.60 Å². The molecule has 1 aromatic rings. The maximum atomic E-state index is 13.2. The molecule has 0 fully saturated rings. The summed E-state index contributed by atoms with van der Waals surface area (Å²) in [6, 6.07) is 7.58. The standard InChI is InChI=1S/C18H23FN2O3S/c1-5-24-17(22)14(12-20)8-11-16(21-25(23)18(2,3)4)13-6-9-15(19)10-7-13/h6-7,9-10,14H,5,8,11H2,1-4H3/t14?,25-/m1/s1. The average molecular weight is 366 g/mol. The Morgan fingerprint density at radius 1 is 1.36 bits per heavy atom. The van der Waals surface area contributed by atoms with Crippen LogP contribution in [0, 0.1) is 23.1 Å². The quantitative estimate of drug-likeness (QED) is 0.546. The molecule has 136 valence electrons. The second-order valence-electron chi connectivity index (χ2n) is 6.38. The zero-order chi connectivity index (χ0) is 19.0. The molecule has 5 nitrogen and oxygen atoms in total. The highest BCUT2D eigenvalue weighted by Gasteiger charge is 2.23. The Morgan fingerprint density at radius 2 is 1.96 bits per heavy atom. The number of rotatable bonds is 7. The lowest BCUT2D eigenvalue weighted by Crippen LogP contribution is -2.22. The maximum Gasteiger partial charge on any atom is 0.323 e. The summed E-state index contributed by atoms with van der Waals surface area (Å²) in [4.78, 5) is 11.8. The van der Waals surface area contributed by atoms with Crippen molar-refractivity contribution in [1.29, 1.82) is 5.26 Å². The normalized spacial score (nSPS) is 14.5. The van der Waals surface area contributed by atoms with Gasteiger partial charge in [0, 0.05) is 0 Å². The fourth-order valence-corrected chi connectivity index (χ4v) is 2.55. The molecule has 0 saturated heterocycles. The Labute approximate surface area is 150 Å². The third-order valence-electron chi connectivity index (χ3n) is 3.29. The van der Waals surface area contributed by atoms with E-state index in [1.54, 1.807) is 39.8 Å². The molecule has 0 spiro atoms. The fourth-order valence-electron chi connectivity index (χ4n) is 1.88. The van der Waals surface area contributed by atoms with Crippen LogP contribution >= 0.6 is 0 Å². The van der Waals surface area contributed by atoms with Crippen LogP contribution in [0.4, 0.5) is 4.39 Å². The number of hydrogen-bond donors (Lipinski definition) is 0. The molecular weight excluding hydrogens is 343 g/mol. The first-order valence-corrected chi connectivity index (χ1v) is 9.11. The van der Waals surface area contributed by atoms with E-state index in [4.69, 9.17) is 10.00 Å². The minimum Gasteiger partial charge on any atom is -0.465 e. The Hall–Kier alpha value is -2.07. The van der Waals surface area contributed by atoms with Crippen LogP contribution in [0.25, 0.3) is 0 Å². The first kappa shape index (κ1) is 21.0. The lowest BCUT2D eigenvalue weighted by atomic mass is 9.99. The smallest absolute Gasteiger partial charge is 0.323 e. The number of hydrogen-bond acceptors (Lipinski definition) is 4. The number of esters is 1. The molecule has 0 aliphatic rings. The van der Waals surface area contributed by atoms with Crippen molar-refractivity contribution in [2.75, 3.05) is 6.61 Å². The van der Waals surface area contributed by atoms with Crippen LogP contribution in [0.1, 0.15) is 46.1 Å². The molecule has 25 heavy (non-hydrogen) atoms. The highest BCUT2D eigenvalue weighted by atomic mass is 32.2. The summed E-state index contributed by atoms with van der Waals surface area (Å²) in [5.41, 5.74) is 1.08. The second kappa shape index (κ2) is 9.42. The first-order chi connectivity index (χ1) is 11.7. The molecular formula is C18H23FN2O3S. The molecule has 1 unspecified atom stereocenters. The molecule has 1 rings (SSSR count). The Kier molecular flexibility index (Phi) is 7.91. The number of halogens is 1. The number of carbonyl (C=O) groups excluding carboxylic acids is 1. The monoisotopic (exact) mass is 366 g/mol. The molecule has 0 bridgehead atoms. The highest BCUT2D eigenvalue weighted by molar-refractivity contribution is 7.85. The van der Waals surface area contributed by atoms with Crippen LogP contribution in [0.5, 0.6) is 0 Å².